The van der Waals surface area contributed by atoms with Crippen molar-refractivity contribution in [2.24, 2.45) is 5.73 Å². The first-order valence-corrected chi connectivity index (χ1v) is 7.86. The predicted octanol–water partition coefficient (Wildman–Crippen LogP) is 1.49. The fourth-order valence-electron chi connectivity index (χ4n) is 1.56. The number of ether oxygens (including phenoxy) is 1. The molecule has 108 valence electrons. The molecule has 19 heavy (non-hydrogen) atoms. The highest BCUT2D eigenvalue weighted by molar-refractivity contribution is 7.89. The third-order valence-electron chi connectivity index (χ3n) is 2.60. The van der Waals surface area contributed by atoms with E-state index in [0.717, 1.165) is 0 Å². The van der Waals surface area contributed by atoms with Crippen molar-refractivity contribution in [1.82, 2.24) is 4.72 Å². The largest absolute Gasteiger partial charge is 0.491 e. The second-order valence-electron chi connectivity index (χ2n) is 4.60. The van der Waals surface area contributed by atoms with Crippen LogP contribution in [0.1, 0.15) is 27.2 Å². The molecule has 0 aliphatic rings. The molecule has 0 amide bonds. The minimum atomic E-state index is -3.51. The Kier molecular flexibility index (Phi) is 5.78. The van der Waals surface area contributed by atoms with Gasteiger partial charge in [0.15, 0.2) is 0 Å². The minimum Gasteiger partial charge on any atom is -0.491 e. The van der Waals surface area contributed by atoms with Gasteiger partial charge in [0.25, 0.3) is 0 Å². The summed E-state index contributed by atoms with van der Waals surface area (Å²) in [5.41, 5.74) is 5.50. The highest BCUT2D eigenvalue weighted by Gasteiger charge is 2.18. The zero-order chi connectivity index (χ0) is 14.5. The molecule has 5 nitrogen and oxygen atoms in total. The summed E-state index contributed by atoms with van der Waals surface area (Å²) in [6, 6.07) is 6.12. The quantitative estimate of drug-likeness (QED) is 0.795. The summed E-state index contributed by atoms with van der Waals surface area (Å²) in [4.78, 5) is 0.218. The van der Waals surface area contributed by atoms with Crippen LogP contribution in [0.15, 0.2) is 29.2 Å². The Morgan fingerprint density at radius 1 is 1.26 bits per heavy atom. The third kappa shape index (κ3) is 4.81. The molecule has 0 aromatic heterocycles. The molecule has 1 atom stereocenters. The predicted molar refractivity (Wildman–Crippen MR) is 75.7 cm³/mol. The molecule has 0 radical (unpaired) electrons. The summed E-state index contributed by atoms with van der Waals surface area (Å²) in [5.74, 6) is 0.653. The van der Waals surface area contributed by atoms with Gasteiger partial charge in [0.2, 0.25) is 10.0 Å². The van der Waals surface area contributed by atoms with Crippen LogP contribution >= 0.6 is 0 Å². The van der Waals surface area contributed by atoms with Gasteiger partial charge in [0.1, 0.15) is 5.75 Å². The molecule has 1 unspecified atom stereocenters. The molecular weight excluding hydrogens is 264 g/mol. The van der Waals surface area contributed by atoms with Crippen LogP contribution in [0, 0.1) is 0 Å². The van der Waals surface area contributed by atoms with Crippen LogP contribution in [0.3, 0.4) is 0 Å². The van der Waals surface area contributed by atoms with Crippen molar-refractivity contribution in [2.45, 2.75) is 44.2 Å². The summed E-state index contributed by atoms with van der Waals surface area (Å²) < 4.78 is 32.2. The number of hydrogen-bond acceptors (Lipinski definition) is 4. The molecule has 0 heterocycles. The van der Waals surface area contributed by atoms with Gasteiger partial charge in [-0.2, -0.15) is 0 Å². The Labute approximate surface area is 115 Å². The van der Waals surface area contributed by atoms with Crippen molar-refractivity contribution >= 4 is 10.0 Å². The number of sulfonamides is 1. The van der Waals surface area contributed by atoms with Gasteiger partial charge in [-0.3, -0.25) is 0 Å². The van der Waals surface area contributed by atoms with Crippen molar-refractivity contribution in [1.29, 1.82) is 0 Å². The van der Waals surface area contributed by atoms with Crippen molar-refractivity contribution in [3.8, 4) is 5.75 Å². The highest BCUT2D eigenvalue weighted by atomic mass is 32.2. The monoisotopic (exact) mass is 286 g/mol. The lowest BCUT2D eigenvalue weighted by atomic mass is 10.2. The van der Waals surface area contributed by atoms with Crippen LogP contribution in [0.4, 0.5) is 0 Å². The molecule has 0 aliphatic carbocycles. The van der Waals surface area contributed by atoms with Crippen LogP contribution < -0.4 is 15.2 Å². The SMILES string of the molecule is CCC(CN)NS(=O)(=O)c1ccc(OC(C)C)cc1. The van der Waals surface area contributed by atoms with Gasteiger partial charge in [-0.1, -0.05) is 6.92 Å². The van der Waals surface area contributed by atoms with Gasteiger partial charge in [0, 0.05) is 12.6 Å². The van der Waals surface area contributed by atoms with E-state index in [1.165, 1.54) is 12.1 Å². The molecule has 0 fully saturated rings. The van der Waals surface area contributed by atoms with Gasteiger partial charge in [-0.15, -0.1) is 0 Å². The lowest BCUT2D eigenvalue weighted by molar-refractivity contribution is 0.242. The number of benzene rings is 1. The van der Waals surface area contributed by atoms with Crippen molar-refractivity contribution in [3.05, 3.63) is 24.3 Å². The first kappa shape index (κ1) is 15.9. The molecule has 1 aromatic carbocycles. The maximum atomic E-state index is 12.1. The van der Waals surface area contributed by atoms with E-state index in [9.17, 15) is 8.42 Å². The fourth-order valence-corrected chi connectivity index (χ4v) is 2.89. The number of rotatable bonds is 7. The second-order valence-corrected chi connectivity index (χ2v) is 6.31. The molecule has 0 spiro atoms. The zero-order valence-electron chi connectivity index (χ0n) is 11.6. The maximum Gasteiger partial charge on any atom is 0.240 e. The Balaban J connectivity index is 2.84. The average Bonchev–Trinajstić information content (AvgIpc) is 2.36. The van der Waals surface area contributed by atoms with Crippen LogP contribution in [-0.2, 0) is 10.0 Å². The summed E-state index contributed by atoms with van der Waals surface area (Å²) >= 11 is 0. The van der Waals surface area contributed by atoms with Crippen LogP contribution in [0.5, 0.6) is 5.75 Å². The molecule has 1 rings (SSSR count). The van der Waals surface area contributed by atoms with E-state index in [2.05, 4.69) is 4.72 Å². The maximum absolute atomic E-state index is 12.1. The van der Waals surface area contributed by atoms with Gasteiger partial charge < -0.3 is 10.5 Å². The van der Waals surface area contributed by atoms with E-state index in [1.54, 1.807) is 12.1 Å². The number of hydrogen-bond donors (Lipinski definition) is 2. The van der Waals surface area contributed by atoms with Crippen LogP contribution in [-0.4, -0.2) is 27.1 Å². The Hall–Kier alpha value is -1.11. The lowest BCUT2D eigenvalue weighted by Crippen LogP contribution is -2.39. The normalized spacial score (nSPS) is 13.5. The minimum absolute atomic E-state index is 0.0577. The van der Waals surface area contributed by atoms with E-state index in [1.807, 2.05) is 20.8 Å². The third-order valence-corrected chi connectivity index (χ3v) is 4.14. The van der Waals surface area contributed by atoms with Gasteiger partial charge in [-0.05, 0) is 44.5 Å². The first-order chi connectivity index (χ1) is 8.89. The highest BCUT2D eigenvalue weighted by Crippen LogP contribution is 2.17. The van der Waals surface area contributed by atoms with E-state index < -0.39 is 10.0 Å². The molecule has 0 saturated heterocycles. The number of nitrogens with two attached hydrogens (primary N) is 1. The van der Waals surface area contributed by atoms with Crippen molar-refractivity contribution in [2.75, 3.05) is 6.54 Å². The molecule has 0 bridgehead atoms. The summed E-state index contributed by atoms with van der Waals surface area (Å²) in [7, 11) is -3.51. The van der Waals surface area contributed by atoms with Crippen molar-refractivity contribution in [3.63, 3.8) is 0 Å². The molecule has 6 heteroatoms. The molecule has 3 N–H and O–H groups in total. The summed E-state index contributed by atoms with van der Waals surface area (Å²) in [6.45, 7) is 6.00. The molecular formula is C13H22N2O3S. The summed E-state index contributed by atoms with van der Waals surface area (Å²) in [6.07, 6.45) is 0.715. The first-order valence-electron chi connectivity index (χ1n) is 6.38. The van der Waals surface area contributed by atoms with E-state index in [0.29, 0.717) is 12.2 Å². The average molecular weight is 286 g/mol. The topological polar surface area (TPSA) is 81.4 Å². The Morgan fingerprint density at radius 3 is 2.26 bits per heavy atom. The fraction of sp³-hybridized carbons (Fsp3) is 0.538. The Morgan fingerprint density at radius 2 is 1.84 bits per heavy atom. The van der Waals surface area contributed by atoms with Crippen molar-refractivity contribution < 1.29 is 13.2 Å². The smallest absolute Gasteiger partial charge is 0.240 e. The van der Waals surface area contributed by atoms with Gasteiger partial charge in [0.05, 0.1) is 11.0 Å². The summed E-state index contributed by atoms with van der Waals surface area (Å²) in [5, 5.41) is 0. The van der Waals surface area contributed by atoms with Crippen LogP contribution in [0.2, 0.25) is 0 Å². The molecule has 0 aliphatic heterocycles. The van der Waals surface area contributed by atoms with E-state index >= 15 is 0 Å². The standard InChI is InChI=1S/C13H22N2O3S/c1-4-11(9-14)15-19(16,17)13-7-5-12(6-8-13)18-10(2)3/h5-8,10-11,15H,4,9,14H2,1-3H3. The van der Waals surface area contributed by atoms with Crippen LogP contribution in [0.25, 0.3) is 0 Å². The van der Waals surface area contributed by atoms with E-state index in [-0.39, 0.29) is 23.6 Å². The van der Waals surface area contributed by atoms with Gasteiger partial charge in [-0.25, -0.2) is 13.1 Å². The molecule has 0 saturated carbocycles. The Bertz CT molecular complexity index is 479. The second kappa shape index (κ2) is 6.88. The van der Waals surface area contributed by atoms with E-state index in [4.69, 9.17) is 10.5 Å². The van der Waals surface area contributed by atoms with Gasteiger partial charge >= 0.3 is 0 Å². The lowest BCUT2D eigenvalue weighted by Gasteiger charge is -2.15. The molecule has 1 aromatic rings. The number of nitrogens with one attached hydrogen (secondary N) is 1. The zero-order valence-corrected chi connectivity index (χ0v) is 12.4.